The Hall–Kier alpha value is -1.24. The Morgan fingerprint density at radius 1 is 1.19 bits per heavy atom. The largest absolute Gasteiger partial charge is 0.378 e. The van der Waals surface area contributed by atoms with Gasteiger partial charge in [0.15, 0.2) is 0 Å². The Morgan fingerprint density at radius 3 is 2.81 bits per heavy atom. The minimum atomic E-state index is 0.0618. The number of rotatable bonds is 1. The summed E-state index contributed by atoms with van der Waals surface area (Å²) in [5, 5.41) is 0. The number of likely N-dealkylation sites (N-methyl/N-ethyl adjacent to an activating group) is 1. The van der Waals surface area contributed by atoms with Gasteiger partial charge in [0.05, 0.1) is 37.5 Å². The number of aromatic nitrogens is 2. The SMILES string of the molecule is CN1CCC2(COCc3cnc(N4CCOCC4)nc32)C1. The quantitative estimate of drug-likeness (QED) is 0.747. The molecule has 1 spiro atoms. The van der Waals surface area contributed by atoms with Gasteiger partial charge in [-0.25, -0.2) is 9.97 Å². The molecule has 21 heavy (non-hydrogen) atoms. The Bertz CT molecular complexity index is 532. The second-order valence-electron chi connectivity index (χ2n) is 6.40. The molecule has 0 bridgehead atoms. The second-order valence-corrected chi connectivity index (χ2v) is 6.40. The molecule has 4 rings (SSSR count). The lowest BCUT2D eigenvalue weighted by molar-refractivity contribution is 0.0515. The van der Waals surface area contributed by atoms with Gasteiger partial charge in [-0.2, -0.15) is 0 Å². The highest BCUT2D eigenvalue weighted by Gasteiger charge is 2.44. The van der Waals surface area contributed by atoms with E-state index in [-0.39, 0.29) is 5.41 Å². The smallest absolute Gasteiger partial charge is 0.225 e. The van der Waals surface area contributed by atoms with Crippen molar-refractivity contribution in [1.29, 1.82) is 0 Å². The zero-order valence-electron chi connectivity index (χ0n) is 12.5. The van der Waals surface area contributed by atoms with Gasteiger partial charge >= 0.3 is 0 Å². The van der Waals surface area contributed by atoms with Crippen molar-refractivity contribution in [2.75, 3.05) is 57.9 Å². The molecular weight excluding hydrogens is 268 g/mol. The average molecular weight is 290 g/mol. The zero-order chi connectivity index (χ0) is 14.3. The minimum absolute atomic E-state index is 0.0618. The van der Waals surface area contributed by atoms with Crippen LogP contribution in [0.2, 0.25) is 0 Å². The van der Waals surface area contributed by atoms with E-state index in [2.05, 4.69) is 21.8 Å². The van der Waals surface area contributed by atoms with Crippen molar-refractivity contribution in [1.82, 2.24) is 14.9 Å². The van der Waals surface area contributed by atoms with Crippen LogP contribution in [0.15, 0.2) is 6.20 Å². The topological polar surface area (TPSA) is 50.7 Å². The second kappa shape index (κ2) is 5.19. The molecule has 0 aromatic carbocycles. The van der Waals surface area contributed by atoms with Crippen LogP contribution in [-0.2, 0) is 21.5 Å². The van der Waals surface area contributed by atoms with Crippen LogP contribution in [0.4, 0.5) is 5.95 Å². The standard InChI is InChI=1S/C15H22N4O2/c1-18-3-2-15(10-18)11-21-9-12-8-16-14(17-13(12)15)19-4-6-20-7-5-19/h8H,2-7,9-11H2,1H3. The van der Waals surface area contributed by atoms with Crippen LogP contribution in [0.3, 0.4) is 0 Å². The first kappa shape index (κ1) is 13.4. The van der Waals surface area contributed by atoms with Gasteiger partial charge in [0.2, 0.25) is 5.95 Å². The molecule has 0 N–H and O–H groups in total. The number of morpholine rings is 1. The van der Waals surface area contributed by atoms with E-state index in [9.17, 15) is 0 Å². The number of likely N-dealkylation sites (tertiary alicyclic amines) is 1. The summed E-state index contributed by atoms with van der Waals surface area (Å²) in [7, 11) is 2.17. The van der Waals surface area contributed by atoms with E-state index in [0.29, 0.717) is 6.61 Å². The molecule has 0 radical (unpaired) electrons. The molecule has 0 saturated carbocycles. The van der Waals surface area contributed by atoms with E-state index in [0.717, 1.165) is 63.9 Å². The van der Waals surface area contributed by atoms with Gasteiger partial charge < -0.3 is 19.3 Å². The lowest BCUT2D eigenvalue weighted by Crippen LogP contribution is -2.42. The predicted molar refractivity (Wildman–Crippen MR) is 78.5 cm³/mol. The summed E-state index contributed by atoms with van der Waals surface area (Å²) < 4.78 is 11.2. The van der Waals surface area contributed by atoms with E-state index in [1.54, 1.807) is 0 Å². The maximum absolute atomic E-state index is 5.83. The summed E-state index contributed by atoms with van der Waals surface area (Å²) in [5.74, 6) is 0.855. The van der Waals surface area contributed by atoms with Crippen molar-refractivity contribution in [3.63, 3.8) is 0 Å². The molecule has 3 aliphatic heterocycles. The molecule has 2 saturated heterocycles. The Morgan fingerprint density at radius 2 is 2.05 bits per heavy atom. The van der Waals surface area contributed by atoms with Crippen LogP contribution < -0.4 is 4.90 Å². The van der Waals surface area contributed by atoms with Crippen LogP contribution in [-0.4, -0.2) is 67.9 Å². The highest BCUT2D eigenvalue weighted by atomic mass is 16.5. The maximum Gasteiger partial charge on any atom is 0.225 e. The molecule has 114 valence electrons. The average Bonchev–Trinajstić information content (AvgIpc) is 2.90. The van der Waals surface area contributed by atoms with E-state index >= 15 is 0 Å². The first-order valence-electron chi connectivity index (χ1n) is 7.72. The van der Waals surface area contributed by atoms with E-state index in [4.69, 9.17) is 14.5 Å². The molecule has 1 unspecified atom stereocenters. The highest BCUT2D eigenvalue weighted by molar-refractivity contribution is 5.38. The van der Waals surface area contributed by atoms with Crippen molar-refractivity contribution in [3.8, 4) is 0 Å². The fraction of sp³-hybridized carbons (Fsp3) is 0.733. The predicted octanol–water partition coefficient (Wildman–Crippen LogP) is 0.417. The number of anilines is 1. The summed E-state index contributed by atoms with van der Waals surface area (Å²) in [6, 6.07) is 0. The van der Waals surface area contributed by atoms with Crippen molar-refractivity contribution in [2.45, 2.75) is 18.4 Å². The normalized spacial score (nSPS) is 29.9. The summed E-state index contributed by atoms with van der Waals surface area (Å²) in [4.78, 5) is 14.1. The zero-order valence-corrected chi connectivity index (χ0v) is 12.5. The third-order valence-electron chi connectivity index (χ3n) is 4.83. The Balaban J connectivity index is 1.70. The first-order chi connectivity index (χ1) is 10.3. The molecule has 0 amide bonds. The lowest BCUT2D eigenvalue weighted by atomic mass is 9.81. The van der Waals surface area contributed by atoms with Crippen molar-refractivity contribution < 1.29 is 9.47 Å². The maximum atomic E-state index is 5.83. The number of hydrogen-bond acceptors (Lipinski definition) is 6. The monoisotopic (exact) mass is 290 g/mol. The molecular formula is C15H22N4O2. The number of fused-ring (bicyclic) bond motifs is 2. The molecule has 6 nitrogen and oxygen atoms in total. The summed E-state index contributed by atoms with van der Waals surface area (Å²) in [6.07, 6.45) is 3.09. The van der Waals surface area contributed by atoms with Gasteiger partial charge in [-0.1, -0.05) is 0 Å². The van der Waals surface area contributed by atoms with E-state index < -0.39 is 0 Å². The van der Waals surface area contributed by atoms with Crippen LogP contribution >= 0.6 is 0 Å². The van der Waals surface area contributed by atoms with Crippen molar-refractivity contribution >= 4 is 5.95 Å². The molecule has 1 atom stereocenters. The Labute approximate surface area is 125 Å². The molecule has 6 heteroatoms. The summed E-state index contributed by atoms with van der Waals surface area (Å²) in [5.41, 5.74) is 2.44. The summed E-state index contributed by atoms with van der Waals surface area (Å²) in [6.45, 7) is 6.84. The van der Waals surface area contributed by atoms with Gasteiger partial charge in [0, 0.05) is 31.4 Å². The summed E-state index contributed by atoms with van der Waals surface area (Å²) >= 11 is 0. The fourth-order valence-corrected chi connectivity index (χ4v) is 3.69. The molecule has 1 aromatic heterocycles. The minimum Gasteiger partial charge on any atom is -0.378 e. The van der Waals surface area contributed by atoms with E-state index in [1.807, 2.05) is 6.20 Å². The molecule has 1 aromatic rings. The Kier molecular flexibility index (Phi) is 3.32. The lowest BCUT2D eigenvalue weighted by Gasteiger charge is -2.35. The fourth-order valence-electron chi connectivity index (χ4n) is 3.69. The van der Waals surface area contributed by atoms with Gasteiger partial charge in [-0.05, 0) is 20.0 Å². The highest BCUT2D eigenvalue weighted by Crippen LogP contribution is 2.38. The molecule has 4 heterocycles. The van der Waals surface area contributed by atoms with Crippen molar-refractivity contribution in [3.05, 3.63) is 17.5 Å². The van der Waals surface area contributed by atoms with Gasteiger partial charge in [0.1, 0.15) is 0 Å². The number of hydrogen-bond donors (Lipinski definition) is 0. The third kappa shape index (κ3) is 2.31. The van der Waals surface area contributed by atoms with Gasteiger partial charge in [-0.15, -0.1) is 0 Å². The molecule has 3 aliphatic rings. The first-order valence-corrected chi connectivity index (χ1v) is 7.72. The third-order valence-corrected chi connectivity index (χ3v) is 4.83. The van der Waals surface area contributed by atoms with Crippen LogP contribution in [0, 0.1) is 0 Å². The van der Waals surface area contributed by atoms with Gasteiger partial charge in [-0.3, -0.25) is 0 Å². The molecule has 0 aliphatic carbocycles. The van der Waals surface area contributed by atoms with E-state index in [1.165, 1.54) is 5.69 Å². The molecule has 2 fully saturated rings. The van der Waals surface area contributed by atoms with Crippen molar-refractivity contribution in [2.24, 2.45) is 0 Å². The van der Waals surface area contributed by atoms with Crippen LogP contribution in [0.25, 0.3) is 0 Å². The van der Waals surface area contributed by atoms with Gasteiger partial charge in [0.25, 0.3) is 0 Å². The van der Waals surface area contributed by atoms with Crippen LogP contribution in [0.1, 0.15) is 17.7 Å². The number of ether oxygens (including phenoxy) is 2. The van der Waals surface area contributed by atoms with Crippen LogP contribution in [0.5, 0.6) is 0 Å². The number of nitrogens with zero attached hydrogens (tertiary/aromatic N) is 4.